The third kappa shape index (κ3) is 3.90. The lowest BCUT2D eigenvalue weighted by Crippen LogP contribution is -2.26. The number of rotatable bonds is 5. The molecule has 0 saturated carbocycles. The Morgan fingerprint density at radius 2 is 1.94 bits per heavy atom. The molecule has 8 heteroatoms. The number of fused-ring (bicyclic) bond motifs is 1. The van der Waals surface area contributed by atoms with E-state index in [4.69, 9.17) is 11.6 Å². The number of aliphatic hydroxyl groups is 1. The Morgan fingerprint density at radius 1 is 1.12 bits per heavy atom. The normalized spacial score (nSPS) is 13.6. The van der Waals surface area contributed by atoms with Crippen LogP contribution in [0.2, 0.25) is 5.02 Å². The first-order valence-corrected chi connectivity index (χ1v) is 10.8. The third-order valence-corrected chi connectivity index (χ3v) is 6.18. The molecule has 0 spiro atoms. The maximum atomic E-state index is 13.9. The fourth-order valence-corrected chi connectivity index (χ4v) is 4.27. The van der Waals surface area contributed by atoms with Crippen LogP contribution in [0.25, 0.3) is 11.1 Å². The molecule has 0 radical (unpaired) electrons. The first-order valence-electron chi connectivity index (χ1n) is 10.4. The lowest BCUT2D eigenvalue weighted by Gasteiger charge is -2.19. The minimum atomic E-state index is -0.720. The SMILES string of the molecule is Cn1cc(C2=NCc3ccc(-c4ccn([C@H](CO)c5ccc(Cl)c(F)c5)c(=O)c4)cc32)cn1. The van der Waals surface area contributed by atoms with Crippen molar-refractivity contribution in [3.8, 4) is 11.1 Å². The summed E-state index contributed by atoms with van der Waals surface area (Å²) in [5.41, 5.74) is 5.77. The number of aryl methyl sites for hydroxylation is 1. The van der Waals surface area contributed by atoms with Gasteiger partial charge >= 0.3 is 0 Å². The molecule has 0 unspecified atom stereocenters. The van der Waals surface area contributed by atoms with E-state index in [1.165, 1.54) is 22.8 Å². The largest absolute Gasteiger partial charge is 0.394 e. The monoisotopic (exact) mass is 462 g/mol. The number of benzene rings is 2. The third-order valence-electron chi connectivity index (χ3n) is 5.87. The molecule has 5 rings (SSSR count). The van der Waals surface area contributed by atoms with Crippen LogP contribution >= 0.6 is 11.6 Å². The maximum absolute atomic E-state index is 13.9. The van der Waals surface area contributed by atoms with Crippen LogP contribution < -0.4 is 5.56 Å². The second kappa shape index (κ2) is 8.42. The van der Waals surface area contributed by atoms with Crippen LogP contribution in [-0.4, -0.2) is 31.8 Å². The highest BCUT2D eigenvalue weighted by molar-refractivity contribution is 6.30. The summed E-state index contributed by atoms with van der Waals surface area (Å²) in [4.78, 5) is 17.6. The van der Waals surface area contributed by atoms with Crippen LogP contribution in [0.15, 0.2) is 76.9 Å². The first-order chi connectivity index (χ1) is 15.9. The Bertz CT molecular complexity index is 1460. The fourth-order valence-electron chi connectivity index (χ4n) is 4.15. The van der Waals surface area contributed by atoms with Crippen molar-refractivity contribution in [1.82, 2.24) is 14.3 Å². The maximum Gasteiger partial charge on any atom is 0.251 e. The van der Waals surface area contributed by atoms with Gasteiger partial charge in [-0.25, -0.2) is 4.39 Å². The van der Waals surface area contributed by atoms with E-state index >= 15 is 0 Å². The van der Waals surface area contributed by atoms with Gasteiger partial charge in [-0.1, -0.05) is 29.8 Å². The number of aliphatic hydroxyl groups excluding tert-OH is 1. The molecule has 0 bridgehead atoms. The molecule has 2 aromatic carbocycles. The molecule has 6 nitrogen and oxygen atoms in total. The van der Waals surface area contributed by atoms with E-state index in [0.717, 1.165) is 33.5 Å². The molecule has 33 heavy (non-hydrogen) atoms. The quantitative estimate of drug-likeness (QED) is 0.487. The van der Waals surface area contributed by atoms with E-state index in [-0.39, 0.29) is 17.2 Å². The number of aromatic nitrogens is 3. The Balaban J connectivity index is 1.49. The van der Waals surface area contributed by atoms with Crippen molar-refractivity contribution in [2.45, 2.75) is 12.6 Å². The molecule has 0 aliphatic carbocycles. The zero-order valence-electron chi connectivity index (χ0n) is 17.7. The van der Waals surface area contributed by atoms with Crippen molar-refractivity contribution in [2.75, 3.05) is 6.61 Å². The van der Waals surface area contributed by atoms with Gasteiger partial charge in [0.05, 0.1) is 36.1 Å². The van der Waals surface area contributed by atoms with Crippen molar-refractivity contribution in [3.05, 3.63) is 111 Å². The number of hydrogen-bond donors (Lipinski definition) is 1. The van der Waals surface area contributed by atoms with Crippen LogP contribution in [0.4, 0.5) is 4.39 Å². The summed E-state index contributed by atoms with van der Waals surface area (Å²) in [5.74, 6) is -0.596. The van der Waals surface area contributed by atoms with Gasteiger partial charge < -0.3 is 9.67 Å². The summed E-state index contributed by atoms with van der Waals surface area (Å²) in [6.45, 7) is 0.251. The zero-order chi connectivity index (χ0) is 23.1. The predicted molar refractivity (Wildman–Crippen MR) is 125 cm³/mol. The van der Waals surface area contributed by atoms with Crippen LogP contribution in [0, 0.1) is 5.82 Å². The van der Waals surface area contributed by atoms with E-state index in [0.29, 0.717) is 12.1 Å². The number of pyridine rings is 1. The molecule has 3 heterocycles. The van der Waals surface area contributed by atoms with E-state index in [1.807, 2.05) is 37.5 Å². The topological polar surface area (TPSA) is 72.4 Å². The van der Waals surface area contributed by atoms with Gasteiger partial charge in [0.15, 0.2) is 0 Å². The van der Waals surface area contributed by atoms with Crippen molar-refractivity contribution >= 4 is 17.3 Å². The van der Waals surface area contributed by atoms with Crippen molar-refractivity contribution < 1.29 is 9.50 Å². The molecule has 2 aromatic heterocycles. The van der Waals surface area contributed by atoms with Crippen molar-refractivity contribution in [1.29, 1.82) is 0 Å². The average molecular weight is 463 g/mol. The number of hydrogen-bond acceptors (Lipinski definition) is 4. The highest BCUT2D eigenvalue weighted by Gasteiger charge is 2.20. The van der Waals surface area contributed by atoms with E-state index in [1.54, 1.807) is 23.1 Å². The Kier molecular flexibility index (Phi) is 5.44. The highest BCUT2D eigenvalue weighted by Crippen LogP contribution is 2.29. The van der Waals surface area contributed by atoms with E-state index in [2.05, 4.69) is 10.1 Å². The van der Waals surface area contributed by atoms with Gasteiger partial charge in [0, 0.05) is 36.6 Å². The van der Waals surface area contributed by atoms with E-state index in [9.17, 15) is 14.3 Å². The lowest BCUT2D eigenvalue weighted by atomic mass is 9.96. The molecule has 0 saturated heterocycles. The molecule has 0 fully saturated rings. The van der Waals surface area contributed by atoms with Crippen LogP contribution in [0.5, 0.6) is 0 Å². The molecular formula is C25H20ClFN4O2. The van der Waals surface area contributed by atoms with Gasteiger partial charge in [-0.2, -0.15) is 5.10 Å². The zero-order valence-corrected chi connectivity index (χ0v) is 18.5. The molecule has 166 valence electrons. The molecule has 4 aromatic rings. The van der Waals surface area contributed by atoms with Crippen LogP contribution in [-0.2, 0) is 13.6 Å². The predicted octanol–water partition coefficient (Wildman–Crippen LogP) is 3.97. The summed E-state index contributed by atoms with van der Waals surface area (Å²) >= 11 is 5.77. The van der Waals surface area contributed by atoms with Gasteiger partial charge in [0.25, 0.3) is 5.56 Å². The molecule has 1 aliphatic rings. The first kappa shape index (κ1) is 21.3. The van der Waals surface area contributed by atoms with Gasteiger partial charge in [-0.3, -0.25) is 14.5 Å². The Morgan fingerprint density at radius 3 is 2.64 bits per heavy atom. The summed E-state index contributed by atoms with van der Waals surface area (Å²) in [7, 11) is 1.86. The molecule has 1 N–H and O–H groups in total. The average Bonchev–Trinajstić information content (AvgIpc) is 3.43. The minimum absolute atomic E-state index is 0.0102. The van der Waals surface area contributed by atoms with Crippen molar-refractivity contribution in [2.24, 2.45) is 12.0 Å². The summed E-state index contributed by atoms with van der Waals surface area (Å²) in [6.07, 6.45) is 5.33. The van der Waals surface area contributed by atoms with Crippen LogP contribution in [0.1, 0.15) is 28.3 Å². The van der Waals surface area contributed by atoms with Gasteiger partial charge in [-0.05, 0) is 46.5 Å². The van der Waals surface area contributed by atoms with E-state index < -0.39 is 11.9 Å². The number of halogens is 2. The second-order valence-corrected chi connectivity index (χ2v) is 8.38. The summed E-state index contributed by atoms with van der Waals surface area (Å²) < 4.78 is 17.1. The van der Waals surface area contributed by atoms with Crippen molar-refractivity contribution in [3.63, 3.8) is 0 Å². The summed E-state index contributed by atoms with van der Waals surface area (Å²) in [6, 6.07) is 12.9. The lowest BCUT2D eigenvalue weighted by molar-refractivity contribution is 0.247. The van der Waals surface area contributed by atoms with Crippen LogP contribution in [0.3, 0.4) is 0 Å². The molecule has 0 amide bonds. The number of nitrogens with zero attached hydrogens (tertiary/aromatic N) is 4. The Labute approximate surface area is 194 Å². The molecule has 1 aliphatic heterocycles. The second-order valence-electron chi connectivity index (χ2n) is 7.97. The standard InChI is InChI=1S/C25H20ClFN4O2/c1-30-13-19(12-29-30)25-20-8-15(2-3-18(20)11-28-25)16-6-7-31(24(33)10-16)23(14-32)17-4-5-21(26)22(27)9-17/h2-10,12-13,23,32H,11,14H2,1H3/t23-/m1/s1. The molecular weight excluding hydrogens is 443 g/mol. The highest BCUT2D eigenvalue weighted by atomic mass is 35.5. The molecule has 1 atom stereocenters. The smallest absolute Gasteiger partial charge is 0.251 e. The van der Waals surface area contributed by atoms with Gasteiger partial charge in [-0.15, -0.1) is 0 Å². The summed E-state index contributed by atoms with van der Waals surface area (Å²) in [5, 5.41) is 14.1. The van der Waals surface area contributed by atoms with Gasteiger partial charge in [0.1, 0.15) is 5.82 Å². The van der Waals surface area contributed by atoms with Gasteiger partial charge in [0.2, 0.25) is 0 Å². The number of aliphatic imine (C=N–C) groups is 1. The minimum Gasteiger partial charge on any atom is -0.394 e. The Hall–Kier alpha value is -3.55. The fraction of sp³-hybridized carbons (Fsp3) is 0.160.